The number of nitrogens with zero attached hydrogens (tertiary/aromatic N) is 1. The molecule has 0 saturated carbocycles. The van der Waals surface area contributed by atoms with Crippen LogP contribution in [0.3, 0.4) is 0 Å². The van der Waals surface area contributed by atoms with Crippen molar-refractivity contribution >= 4 is 22.0 Å². The number of rotatable bonds is 3. The Labute approximate surface area is 82.0 Å². The molecule has 0 radical (unpaired) electrons. The lowest BCUT2D eigenvalue weighted by atomic mass is 10.1. The molecule has 0 spiro atoms. The van der Waals surface area contributed by atoms with E-state index in [0.717, 1.165) is 6.29 Å². The number of hydrogen-bond acceptors (Lipinski definition) is 4. The largest absolute Gasteiger partial charge is 0.340 e. The topological polar surface area (TPSA) is 71.5 Å². The molecule has 5 nitrogen and oxygen atoms in total. The highest BCUT2D eigenvalue weighted by molar-refractivity contribution is 7.95. The second kappa shape index (κ2) is 3.05. The summed E-state index contributed by atoms with van der Waals surface area (Å²) in [6.45, 7) is 0.621. The third-order valence-electron chi connectivity index (χ3n) is 2.87. The zero-order chi connectivity index (χ0) is 10.3. The lowest BCUT2D eigenvalue weighted by Gasteiger charge is -2.45. The van der Waals surface area contributed by atoms with E-state index in [2.05, 4.69) is 0 Å². The Morgan fingerprint density at radius 1 is 1.50 bits per heavy atom. The van der Waals surface area contributed by atoms with Crippen molar-refractivity contribution in [3.63, 3.8) is 0 Å². The molecule has 0 aliphatic carbocycles. The maximum atomic E-state index is 11.5. The Balaban J connectivity index is 2.08. The Morgan fingerprint density at radius 3 is 2.71 bits per heavy atom. The van der Waals surface area contributed by atoms with E-state index in [4.69, 9.17) is 0 Å². The van der Waals surface area contributed by atoms with Crippen LogP contribution in [0.15, 0.2) is 0 Å². The molecule has 0 aromatic rings. The van der Waals surface area contributed by atoms with E-state index < -0.39 is 15.1 Å². The van der Waals surface area contributed by atoms with Gasteiger partial charge in [0.25, 0.3) is 0 Å². The highest BCUT2D eigenvalue weighted by Crippen LogP contribution is 2.36. The fourth-order valence-electron chi connectivity index (χ4n) is 1.99. The molecule has 3 saturated heterocycles. The van der Waals surface area contributed by atoms with E-state index in [1.807, 2.05) is 0 Å². The summed E-state index contributed by atoms with van der Waals surface area (Å²) in [4.78, 5) is 23.1. The molecule has 3 fully saturated rings. The van der Waals surface area contributed by atoms with Gasteiger partial charge in [0.05, 0.1) is 5.25 Å². The summed E-state index contributed by atoms with van der Waals surface area (Å²) in [5, 5.41) is -1.19. The van der Waals surface area contributed by atoms with Crippen LogP contribution < -0.4 is 0 Å². The van der Waals surface area contributed by atoms with Crippen molar-refractivity contribution in [3.05, 3.63) is 0 Å². The first-order chi connectivity index (χ1) is 6.57. The van der Waals surface area contributed by atoms with Gasteiger partial charge >= 0.3 is 0 Å². The third-order valence-corrected chi connectivity index (χ3v) is 5.32. The Kier molecular flexibility index (Phi) is 2.10. The number of hydrogen-bond donors (Lipinski definition) is 0. The van der Waals surface area contributed by atoms with Gasteiger partial charge in [0, 0.05) is 19.5 Å². The number of fused-ring (bicyclic) bond motifs is 2. The Bertz CT molecular complexity index is 375. The first-order valence-electron chi connectivity index (χ1n) is 4.52. The number of piperidine rings is 1. The van der Waals surface area contributed by atoms with Crippen LogP contribution in [-0.4, -0.2) is 49.1 Å². The van der Waals surface area contributed by atoms with Gasteiger partial charge < -0.3 is 9.69 Å². The van der Waals surface area contributed by atoms with Gasteiger partial charge in [-0.1, -0.05) is 0 Å². The van der Waals surface area contributed by atoms with Crippen molar-refractivity contribution in [3.8, 4) is 0 Å². The van der Waals surface area contributed by atoms with Crippen LogP contribution in [0.5, 0.6) is 0 Å². The second-order valence-electron chi connectivity index (χ2n) is 3.67. The fraction of sp³-hybridized carbons (Fsp3) is 0.750. The van der Waals surface area contributed by atoms with Crippen molar-refractivity contribution in [2.45, 2.75) is 23.3 Å². The van der Waals surface area contributed by atoms with E-state index in [1.165, 1.54) is 4.90 Å². The summed E-state index contributed by atoms with van der Waals surface area (Å²) in [5.74, 6) is -0.325. The molecule has 2 bridgehead atoms. The van der Waals surface area contributed by atoms with Crippen LogP contribution in [0.4, 0.5) is 0 Å². The molecule has 0 N–H and O–H groups in total. The third kappa shape index (κ3) is 1.17. The standard InChI is InChI=1S/C8H11NO4S/c10-3-1-2-9-5-6-4-7(8(9)11)14(6,12)13/h3,6-7H,1-2,4-5H2. The van der Waals surface area contributed by atoms with Crippen molar-refractivity contribution in [2.75, 3.05) is 13.1 Å². The predicted molar refractivity (Wildman–Crippen MR) is 48.4 cm³/mol. The van der Waals surface area contributed by atoms with Crippen molar-refractivity contribution in [1.29, 1.82) is 0 Å². The quantitative estimate of drug-likeness (QED) is 0.567. The van der Waals surface area contributed by atoms with Gasteiger partial charge in [-0.3, -0.25) is 4.79 Å². The number of sulfone groups is 1. The molecule has 78 valence electrons. The average Bonchev–Trinajstić information content (AvgIpc) is 2.15. The molecule has 2 atom stereocenters. The zero-order valence-corrected chi connectivity index (χ0v) is 8.37. The first-order valence-corrected chi connectivity index (χ1v) is 6.13. The molecule has 14 heavy (non-hydrogen) atoms. The summed E-state index contributed by atoms with van der Waals surface area (Å²) in [5.41, 5.74) is 0. The summed E-state index contributed by atoms with van der Waals surface area (Å²) in [6, 6.07) is 0. The summed E-state index contributed by atoms with van der Waals surface area (Å²) in [7, 11) is -3.15. The van der Waals surface area contributed by atoms with E-state index in [1.54, 1.807) is 0 Å². The lowest BCUT2D eigenvalue weighted by molar-refractivity contribution is -0.134. The smallest absolute Gasteiger partial charge is 0.241 e. The minimum Gasteiger partial charge on any atom is -0.340 e. The summed E-state index contributed by atoms with van der Waals surface area (Å²) < 4.78 is 22.7. The van der Waals surface area contributed by atoms with Gasteiger partial charge in [0.1, 0.15) is 11.5 Å². The molecule has 2 unspecified atom stereocenters. The summed E-state index contributed by atoms with van der Waals surface area (Å²) >= 11 is 0. The van der Waals surface area contributed by atoms with Gasteiger partial charge in [-0.25, -0.2) is 8.42 Å². The molecule has 3 heterocycles. The number of carbonyl (C=O) groups excluding carboxylic acids is 2. The van der Waals surface area contributed by atoms with Crippen molar-refractivity contribution in [1.82, 2.24) is 4.90 Å². The molecular weight excluding hydrogens is 206 g/mol. The van der Waals surface area contributed by atoms with Gasteiger partial charge in [-0.05, 0) is 6.42 Å². The lowest BCUT2D eigenvalue weighted by Crippen LogP contribution is -2.65. The minimum absolute atomic E-state index is 0.269. The van der Waals surface area contributed by atoms with Crippen LogP contribution in [0.1, 0.15) is 12.8 Å². The van der Waals surface area contributed by atoms with Crippen molar-refractivity contribution < 1.29 is 18.0 Å². The number of carbonyl (C=O) groups is 2. The van der Waals surface area contributed by atoms with Gasteiger partial charge in [-0.15, -0.1) is 0 Å². The van der Waals surface area contributed by atoms with Gasteiger partial charge in [0.2, 0.25) is 5.91 Å². The molecule has 6 heteroatoms. The van der Waals surface area contributed by atoms with E-state index in [9.17, 15) is 18.0 Å². The molecule has 3 rings (SSSR count). The van der Waals surface area contributed by atoms with Crippen LogP contribution in [-0.2, 0) is 19.4 Å². The van der Waals surface area contributed by atoms with E-state index >= 15 is 0 Å². The van der Waals surface area contributed by atoms with Gasteiger partial charge in [-0.2, -0.15) is 0 Å². The number of amides is 1. The van der Waals surface area contributed by atoms with Crippen LogP contribution in [0.2, 0.25) is 0 Å². The molecular formula is C8H11NO4S. The highest BCUT2D eigenvalue weighted by Gasteiger charge is 2.56. The minimum atomic E-state index is -3.15. The zero-order valence-electron chi connectivity index (χ0n) is 7.55. The SMILES string of the molecule is O=CCCN1CC2CC(C1=O)S2(=O)=O. The molecule has 1 amide bonds. The van der Waals surface area contributed by atoms with Crippen molar-refractivity contribution in [2.24, 2.45) is 0 Å². The first kappa shape index (κ1) is 9.64. The van der Waals surface area contributed by atoms with E-state index in [0.29, 0.717) is 13.0 Å². The molecule has 0 aromatic carbocycles. The predicted octanol–water partition coefficient (Wildman–Crippen LogP) is -1.03. The average molecular weight is 217 g/mol. The van der Waals surface area contributed by atoms with Crippen LogP contribution in [0, 0.1) is 0 Å². The highest BCUT2D eigenvalue weighted by atomic mass is 32.2. The molecule has 3 aliphatic heterocycles. The normalized spacial score (nSPS) is 33.7. The Hall–Kier alpha value is -0.910. The van der Waals surface area contributed by atoms with Crippen LogP contribution >= 0.6 is 0 Å². The second-order valence-corrected chi connectivity index (χ2v) is 6.09. The fourth-order valence-corrected chi connectivity index (χ4v) is 3.87. The molecule has 3 aliphatic rings. The monoisotopic (exact) mass is 217 g/mol. The Morgan fingerprint density at radius 2 is 2.21 bits per heavy atom. The maximum absolute atomic E-state index is 11.5. The maximum Gasteiger partial charge on any atom is 0.241 e. The van der Waals surface area contributed by atoms with Crippen LogP contribution in [0.25, 0.3) is 0 Å². The molecule has 0 aromatic heterocycles. The van der Waals surface area contributed by atoms with E-state index in [-0.39, 0.29) is 24.1 Å². The summed E-state index contributed by atoms with van der Waals surface area (Å²) in [6.07, 6.45) is 1.49. The number of aldehydes is 1. The van der Waals surface area contributed by atoms with Gasteiger partial charge in [0.15, 0.2) is 9.84 Å².